The molecule has 5 heteroatoms. The minimum atomic E-state index is -0.409. The monoisotopic (exact) mass is 364 g/mol. The smallest absolute Gasteiger partial charge is 0.0791 e. The lowest BCUT2D eigenvalue weighted by molar-refractivity contribution is 0.104. The Kier molecular flexibility index (Phi) is 6.14. The van der Waals surface area contributed by atoms with Crippen LogP contribution < -0.4 is 5.32 Å². The van der Waals surface area contributed by atoms with Crippen molar-refractivity contribution in [2.45, 2.75) is 25.6 Å². The van der Waals surface area contributed by atoms with E-state index in [1.165, 1.54) is 11.1 Å². The van der Waals surface area contributed by atoms with Crippen LogP contribution in [0.2, 0.25) is 10.0 Å². The van der Waals surface area contributed by atoms with Gasteiger partial charge in [0.05, 0.1) is 16.1 Å². The SMILES string of the molecule is O[C@H](CNCc1cccc(Cl)c1Cl)CN1CCc2ccccc2C1. The summed E-state index contributed by atoms with van der Waals surface area (Å²) in [5.41, 5.74) is 3.75. The molecular formula is C19H22Cl2N2O. The van der Waals surface area contributed by atoms with Crippen molar-refractivity contribution in [3.63, 3.8) is 0 Å². The van der Waals surface area contributed by atoms with E-state index in [1.807, 2.05) is 12.1 Å². The normalized spacial score (nSPS) is 16.0. The van der Waals surface area contributed by atoms with Gasteiger partial charge < -0.3 is 10.4 Å². The second-order valence-electron chi connectivity index (χ2n) is 6.25. The van der Waals surface area contributed by atoms with E-state index in [0.717, 1.165) is 25.1 Å². The highest BCUT2D eigenvalue weighted by Crippen LogP contribution is 2.25. The highest BCUT2D eigenvalue weighted by Gasteiger charge is 2.18. The first kappa shape index (κ1) is 17.7. The van der Waals surface area contributed by atoms with Crippen molar-refractivity contribution in [1.29, 1.82) is 0 Å². The number of rotatable bonds is 6. The Labute approximate surface area is 153 Å². The van der Waals surface area contributed by atoms with Gasteiger partial charge in [0.2, 0.25) is 0 Å². The van der Waals surface area contributed by atoms with Gasteiger partial charge in [-0.1, -0.05) is 59.6 Å². The van der Waals surface area contributed by atoms with Crippen LogP contribution in [-0.4, -0.2) is 35.7 Å². The maximum atomic E-state index is 10.3. The molecule has 0 unspecified atom stereocenters. The number of hydrogen-bond acceptors (Lipinski definition) is 3. The van der Waals surface area contributed by atoms with E-state index in [1.54, 1.807) is 6.07 Å². The molecule has 1 aliphatic heterocycles. The second kappa shape index (κ2) is 8.32. The predicted octanol–water partition coefficient (Wildman–Crippen LogP) is 3.50. The van der Waals surface area contributed by atoms with Crippen LogP contribution in [0, 0.1) is 0 Å². The van der Waals surface area contributed by atoms with Gasteiger partial charge in [-0.2, -0.15) is 0 Å². The van der Waals surface area contributed by atoms with Crippen molar-refractivity contribution < 1.29 is 5.11 Å². The Morgan fingerprint density at radius 3 is 2.71 bits per heavy atom. The number of fused-ring (bicyclic) bond motifs is 1. The molecule has 2 aromatic rings. The Balaban J connectivity index is 1.45. The van der Waals surface area contributed by atoms with Gasteiger partial charge in [0.15, 0.2) is 0 Å². The molecule has 0 fully saturated rings. The first-order valence-corrected chi connectivity index (χ1v) is 9.00. The summed E-state index contributed by atoms with van der Waals surface area (Å²) >= 11 is 12.2. The number of β-amino-alcohol motifs (C(OH)–C–C–N with tert-alkyl or cyclic N) is 1. The quantitative estimate of drug-likeness (QED) is 0.823. The summed E-state index contributed by atoms with van der Waals surface area (Å²) < 4.78 is 0. The lowest BCUT2D eigenvalue weighted by Gasteiger charge is -2.30. The van der Waals surface area contributed by atoms with Crippen LogP contribution in [0.5, 0.6) is 0 Å². The number of aliphatic hydroxyl groups excluding tert-OH is 1. The molecule has 0 spiro atoms. The number of nitrogens with zero attached hydrogens (tertiary/aromatic N) is 1. The van der Waals surface area contributed by atoms with E-state index in [0.29, 0.717) is 29.7 Å². The van der Waals surface area contributed by atoms with Gasteiger partial charge in [-0.3, -0.25) is 4.90 Å². The Morgan fingerprint density at radius 1 is 1.08 bits per heavy atom. The van der Waals surface area contributed by atoms with E-state index >= 15 is 0 Å². The third kappa shape index (κ3) is 4.50. The summed E-state index contributed by atoms with van der Waals surface area (Å²) in [6, 6.07) is 14.1. The molecule has 24 heavy (non-hydrogen) atoms. The molecule has 0 aliphatic carbocycles. The molecule has 2 aromatic carbocycles. The first-order valence-electron chi connectivity index (χ1n) is 8.24. The average Bonchev–Trinajstić information content (AvgIpc) is 2.58. The van der Waals surface area contributed by atoms with Gasteiger partial charge in [-0.05, 0) is 29.2 Å². The summed E-state index contributed by atoms with van der Waals surface area (Å²) in [4.78, 5) is 2.31. The lowest BCUT2D eigenvalue weighted by Crippen LogP contribution is -2.40. The van der Waals surface area contributed by atoms with Gasteiger partial charge in [0, 0.05) is 32.7 Å². The summed E-state index contributed by atoms with van der Waals surface area (Å²) in [6.07, 6.45) is 0.641. The van der Waals surface area contributed by atoms with E-state index in [-0.39, 0.29) is 0 Å². The predicted molar refractivity (Wildman–Crippen MR) is 99.6 cm³/mol. The number of benzene rings is 2. The Bertz CT molecular complexity index is 693. The Morgan fingerprint density at radius 2 is 1.88 bits per heavy atom. The van der Waals surface area contributed by atoms with E-state index in [9.17, 15) is 5.11 Å². The zero-order chi connectivity index (χ0) is 16.9. The number of nitrogens with one attached hydrogen (secondary N) is 1. The van der Waals surface area contributed by atoms with Crippen molar-refractivity contribution in [2.24, 2.45) is 0 Å². The molecule has 1 heterocycles. The topological polar surface area (TPSA) is 35.5 Å². The van der Waals surface area contributed by atoms with Gasteiger partial charge >= 0.3 is 0 Å². The van der Waals surface area contributed by atoms with Crippen LogP contribution in [-0.2, 0) is 19.5 Å². The Hall–Kier alpha value is -1.10. The fourth-order valence-corrected chi connectivity index (χ4v) is 3.52. The minimum absolute atomic E-state index is 0.409. The van der Waals surface area contributed by atoms with Crippen LogP contribution in [0.25, 0.3) is 0 Å². The summed E-state index contributed by atoms with van der Waals surface area (Å²) in [7, 11) is 0. The maximum absolute atomic E-state index is 10.3. The highest BCUT2D eigenvalue weighted by atomic mass is 35.5. The van der Waals surface area contributed by atoms with E-state index in [4.69, 9.17) is 23.2 Å². The zero-order valence-electron chi connectivity index (χ0n) is 13.5. The van der Waals surface area contributed by atoms with Crippen molar-refractivity contribution in [3.8, 4) is 0 Å². The molecule has 0 aromatic heterocycles. The number of hydrogen-bond donors (Lipinski definition) is 2. The molecular weight excluding hydrogens is 343 g/mol. The van der Waals surface area contributed by atoms with Crippen LogP contribution in [0.15, 0.2) is 42.5 Å². The van der Waals surface area contributed by atoms with E-state index < -0.39 is 6.10 Å². The fraction of sp³-hybridized carbons (Fsp3) is 0.368. The molecule has 1 aliphatic rings. The van der Waals surface area contributed by atoms with Crippen molar-refractivity contribution in [3.05, 3.63) is 69.2 Å². The van der Waals surface area contributed by atoms with Crippen molar-refractivity contribution in [1.82, 2.24) is 10.2 Å². The molecule has 3 nitrogen and oxygen atoms in total. The molecule has 2 N–H and O–H groups in total. The number of halogens is 2. The van der Waals surface area contributed by atoms with Gasteiger partial charge in [-0.15, -0.1) is 0 Å². The largest absolute Gasteiger partial charge is 0.390 e. The molecule has 0 amide bonds. The number of aliphatic hydroxyl groups is 1. The van der Waals surface area contributed by atoms with Crippen LogP contribution in [0.1, 0.15) is 16.7 Å². The third-order valence-electron chi connectivity index (χ3n) is 4.41. The van der Waals surface area contributed by atoms with Crippen LogP contribution in [0.4, 0.5) is 0 Å². The molecule has 0 saturated carbocycles. The summed E-state index contributed by atoms with van der Waals surface area (Å²) in [5.74, 6) is 0. The average molecular weight is 365 g/mol. The fourth-order valence-electron chi connectivity index (χ4n) is 3.13. The lowest BCUT2D eigenvalue weighted by atomic mass is 10.00. The minimum Gasteiger partial charge on any atom is -0.390 e. The molecule has 3 rings (SSSR count). The van der Waals surface area contributed by atoms with Crippen LogP contribution >= 0.6 is 23.2 Å². The zero-order valence-corrected chi connectivity index (χ0v) is 15.0. The van der Waals surface area contributed by atoms with Gasteiger partial charge in [-0.25, -0.2) is 0 Å². The van der Waals surface area contributed by atoms with Crippen molar-refractivity contribution >= 4 is 23.2 Å². The molecule has 0 saturated heterocycles. The standard InChI is InChI=1S/C19H22Cl2N2O/c20-18-7-3-6-15(19(18)21)10-22-11-17(24)13-23-9-8-14-4-1-2-5-16(14)12-23/h1-7,17,22,24H,8-13H2/t17-/m1/s1. The summed E-state index contributed by atoms with van der Waals surface area (Å²) in [5, 5.41) is 14.7. The maximum Gasteiger partial charge on any atom is 0.0791 e. The van der Waals surface area contributed by atoms with Crippen molar-refractivity contribution in [2.75, 3.05) is 19.6 Å². The van der Waals surface area contributed by atoms with Gasteiger partial charge in [0.25, 0.3) is 0 Å². The molecule has 0 radical (unpaired) electrons. The second-order valence-corrected chi connectivity index (χ2v) is 7.04. The molecule has 1 atom stereocenters. The van der Waals surface area contributed by atoms with Gasteiger partial charge in [0.1, 0.15) is 0 Å². The third-order valence-corrected chi connectivity index (χ3v) is 5.26. The summed E-state index contributed by atoms with van der Waals surface area (Å²) in [6.45, 7) is 3.70. The van der Waals surface area contributed by atoms with E-state index in [2.05, 4.69) is 34.5 Å². The molecule has 128 valence electrons. The van der Waals surface area contributed by atoms with Crippen LogP contribution in [0.3, 0.4) is 0 Å². The first-order chi connectivity index (χ1) is 11.6. The molecule has 0 bridgehead atoms. The highest BCUT2D eigenvalue weighted by molar-refractivity contribution is 6.42.